The van der Waals surface area contributed by atoms with E-state index < -0.39 is 16.0 Å². The summed E-state index contributed by atoms with van der Waals surface area (Å²) >= 11 is 4.34. The summed E-state index contributed by atoms with van der Waals surface area (Å²) in [7, 11) is -2.40. The molecule has 0 bridgehead atoms. The van der Waals surface area contributed by atoms with Gasteiger partial charge in [0.2, 0.25) is 0 Å². The van der Waals surface area contributed by atoms with Crippen molar-refractivity contribution in [2.45, 2.75) is 11.1 Å². The van der Waals surface area contributed by atoms with E-state index in [0.717, 1.165) is 15.1 Å². The first kappa shape index (κ1) is 16.0. The number of anilines is 1. The second-order valence-corrected chi connectivity index (χ2v) is 8.56. The summed E-state index contributed by atoms with van der Waals surface area (Å²) in [5, 5.41) is 0. The molecular formula is C13H12BrNO4S2. The average Bonchev–Trinajstić information content (AvgIpc) is 2.87. The highest BCUT2D eigenvalue weighted by atomic mass is 79.9. The molecule has 0 fully saturated rings. The van der Waals surface area contributed by atoms with E-state index in [0.29, 0.717) is 11.3 Å². The minimum atomic E-state index is -3.68. The molecule has 1 aromatic heterocycles. The molecule has 0 unspecified atom stereocenters. The van der Waals surface area contributed by atoms with Gasteiger partial charge in [0, 0.05) is 0 Å². The molecule has 0 amide bonds. The highest BCUT2D eigenvalue weighted by molar-refractivity contribution is 9.11. The maximum Gasteiger partial charge on any atom is 0.337 e. The molecule has 5 nitrogen and oxygen atoms in total. The maximum atomic E-state index is 12.3. The van der Waals surface area contributed by atoms with E-state index in [4.69, 9.17) is 0 Å². The van der Waals surface area contributed by atoms with Gasteiger partial charge in [-0.3, -0.25) is 4.72 Å². The van der Waals surface area contributed by atoms with Crippen molar-refractivity contribution in [1.82, 2.24) is 0 Å². The molecule has 8 heteroatoms. The Labute approximate surface area is 135 Å². The minimum absolute atomic E-state index is 0.192. The lowest BCUT2D eigenvalue weighted by Crippen LogP contribution is -2.13. The molecule has 2 aromatic rings. The molecule has 0 saturated heterocycles. The molecule has 0 atom stereocenters. The highest BCUT2D eigenvalue weighted by Gasteiger charge is 2.18. The fourth-order valence-corrected chi connectivity index (χ4v) is 4.75. The van der Waals surface area contributed by atoms with Gasteiger partial charge in [-0.1, -0.05) is 6.07 Å². The summed E-state index contributed by atoms with van der Waals surface area (Å²) in [5.74, 6) is -0.519. The van der Waals surface area contributed by atoms with Gasteiger partial charge >= 0.3 is 5.97 Å². The fourth-order valence-electron chi connectivity index (χ4n) is 1.61. The van der Waals surface area contributed by atoms with Crippen molar-refractivity contribution in [2.24, 2.45) is 0 Å². The number of carbonyl (C=O) groups is 1. The first-order valence-electron chi connectivity index (χ1n) is 5.80. The van der Waals surface area contributed by atoms with E-state index in [9.17, 15) is 13.2 Å². The quantitative estimate of drug-likeness (QED) is 0.813. The third-order valence-corrected chi connectivity index (χ3v) is 6.20. The van der Waals surface area contributed by atoms with Gasteiger partial charge in [0.1, 0.15) is 4.21 Å². The number of hydrogen-bond acceptors (Lipinski definition) is 5. The minimum Gasteiger partial charge on any atom is -0.465 e. The second-order valence-electron chi connectivity index (χ2n) is 4.19. The van der Waals surface area contributed by atoms with Crippen LogP contribution in [0.4, 0.5) is 5.69 Å². The van der Waals surface area contributed by atoms with Crippen LogP contribution < -0.4 is 4.72 Å². The van der Waals surface area contributed by atoms with E-state index in [2.05, 4.69) is 25.4 Å². The number of nitrogens with one attached hydrogen (secondary N) is 1. The number of ether oxygens (including phenoxy) is 1. The van der Waals surface area contributed by atoms with Crippen LogP contribution in [0.2, 0.25) is 0 Å². The molecule has 1 aromatic carbocycles. The monoisotopic (exact) mass is 389 g/mol. The lowest BCUT2D eigenvalue weighted by molar-refractivity contribution is 0.0601. The number of thiophene rings is 1. The Bertz CT molecular complexity index is 783. The number of esters is 1. The van der Waals surface area contributed by atoms with Crippen molar-refractivity contribution in [3.8, 4) is 0 Å². The van der Waals surface area contributed by atoms with Gasteiger partial charge in [-0.15, -0.1) is 11.3 Å². The van der Waals surface area contributed by atoms with Crippen LogP contribution in [0.25, 0.3) is 0 Å². The zero-order valence-corrected chi connectivity index (χ0v) is 14.4. The molecule has 0 radical (unpaired) electrons. The standard InChI is InChI=1S/C13H12BrNO4S2/c1-8-3-4-9(13(16)19-2)7-10(8)15-21(17,18)12-6-5-11(14)20-12/h3-7,15H,1-2H3. The largest absolute Gasteiger partial charge is 0.465 e. The average molecular weight is 390 g/mol. The van der Waals surface area contributed by atoms with Crippen LogP contribution in [0.15, 0.2) is 38.3 Å². The molecule has 0 spiro atoms. The van der Waals surface area contributed by atoms with Gasteiger partial charge in [-0.25, -0.2) is 13.2 Å². The zero-order valence-electron chi connectivity index (χ0n) is 11.2. The number of aryl methyl sites for hydroxylation is 1. The third-order valence-electron chi connectivity index (χ3n) is 2.72. The Kier molecular flexibility index (Phi) is 4.70. The molecule has 21 heavy (non-hydrogen) atoms. The van der Waals surface area contributed by atoms with E-state index in [1.54, 1.807) is 25.1 Å². The summed E-state index contributed by atoms with van der Waals surface area (Å²) < 4.78 is 32.6. The summed E-state index contributed by atoms with van der Waals surface area (Å²) in [6.07, 6.45) is 0. The summed E-state index contributed by atoms with van der Waals surface area (Å²) in [6.45, 7) is 1.75. The van der Waals surface area contributed by atoms with Crippen LogP contribution >= 0.6 is 27.3 Å². The molecular weight excluding hydrogens is 378 g/mol. The van der Waals surface area contributed by atoms with Crippen molar-refractivity contribution in [3.63, 3.8) is 0 Å². The Hall–Kier alpha value is -1.38. The van der Waals surface area contributed by atoms with Crippen LogP contribution in [0.1, 0.15) is 15.9 Å². The molecule has 0 aliphatic heterocycles. The van der Waals surface area contributed by atoms with E-state index in [1.807, 2.05) is 0 Å². The van der Waals surface area contributed by atoms with Crippen LogP contribution in [-0.4, -0.2) is 21.5 Å². The molecule has 1 heterocycles. The number of hydrogen-bond donors (Lipinski definition) is 1. The topological polar surface area (TPSA) is 72.5 Å². The van der Waals surface area contributed by atoms with E-state index in [1.165, 1.54) is 19.2 Å². The van der Waals surface area contributed by atoms with Crippen LogP contribution in [-0.2, 0) is 14.8 Å². The molecule has 112 valence electrons. The van der Waals surface area contributed by atoms with Crippen LogP contribution in [0.5, 0.6) is 0 Å². The number of carbonyl (C=O) groups excluding carboxylic acids is 1. The van der Waals surface area contributed by atoms with Gasteiger partial charge < -0.3 is 4.74 Å². The Morgan fingerprint density at radius 2 is 2.00 bits per heavy atom. The Morgan fingerprint density at radius 3 is 2.57 bits per heavy atom. The summed E-state index contributed by atoms with van der Waals surface area (Å²) in [4.78, 5) is 11.5. The predicted octanol–water partition coefficient (Wildman–Crippen LogP) is 3.41. The molecule has 0 aliphatic rings. The van der Waals surface area contributed by atoms with Crippen molar-refractivity contribution >= 4 is 48.9 Å². The number of halogens is 1. The predicted molar refractivity (Wildman–Crippen MR) is 85.3 cm³/mol. The van der Waals surface area contributed by atoms with E-state index in [-0.39, 0.29) is 9.77 Å². The zero-order chi connectivity index (χ0) is 15.6. The van der Waals surface area contributed by atoms with Crippen molar-refractivity contribution in [3.05, 3.63) is 45.2 Å². The van der Waals surface area contributed by atoms with E-state index >= 15 is 0 Å². The normalized spacial score (nSPS) is 11.2. The van der Waals surface area contributed by atoms with Gasteiger partial charge in [-0.05, 0) is 52.7 Å². The number of rotatable bonds is 4. The smallest absolute Gasteiger partial charge is 0.337 e. The molecule has 2 rings (SSSR count). The van der Waals surface area contributed by atoms with Gasteiger partial charge in [0.05, 0.1) is 22.1 Å². The van der Waals surface area contributed by atoms with Gasteiger partial charge in [0.15, 0.2) is 0 Å². The SMILES string of the molecule is COC(=O)c1ccc(C)c(NS(=O)(=O)c2ccc(Br)s2)c1. The fraction of sp³-hybridized carbons (Fsp3) is 0.154. The van der Waals surface area contributed by atoms with Crippen LogP contribution in [0, 0.1) is 6.92 Å². The summed E-state index contributed by atoms with van der Waals surface area (Å²) in [6, 6.07) is 7.88. The van der Waals surface area contributed by atoms with Crippen molar-refractivity contribution in [2.75, 3.05) is 11.8 Å². The van der Waals surface area contributed by atoms with Gasteiger partial charge in [-0.2, -0.15) is 0 Å². The number of sulfonamides is 1. The molecule has 0 aliphatic carbocycles. The molecule has 1 N–H and O–H groups in total. The molecule has 0 saturated carbocycles. The Morgan fingerprint density at radius 1 is 1.29 bits per heavy atom. The Balaban J connectivity index is 2.37. The first-order valence-corrected chi connectivity index (χ1v) is 8.90. The van der Waals surface area contributed by atoms with Crippen molar-refractivity contribution in [1.29, 1.82) is 0 Å². The number of methoxy groups -OCH3 is 1. The lowest BCUT2D eigenvalue weighted by Gasteiger charge is -2.10. The van der Waals surface area contributed by atoms with Crippen molar-refractivity contribution < 1.29 is 17.9 Å². The highest BCUT2D eigenvalue weighted by Crippen LogP contribution is 2.28. The second kappa shape index (κ2) is 6.17. The maximum absolute atomic E-state index is 12.3. The lowest BCUT2D eigenvalue weighted by atomic mass is 10.1. The van der Waals surface area contributed by atoms with Gasteiger partial charge in [0.25, 0.3) is 10.0 Å². The number of benzene rings is 1. The first-order chi connectivity index (χ1) is 9.83. The summed E-state index contributed by atoms with van der Waals surface area (Å²) in [5.41, 5.74) is 1.34. The van der Waals surface area contributed by atoms with Crippen LogP contribution in [0.3, 0.4) is 0 Å². The third kappa shape index (κ3) is 3.63.